The van der Waals surface area contributed by atoms with Gasteiger partial charge in [0.25, 0.3) is 15.9 Å². The van der Waals surface area contributed by atoms with Crippen molar-refractivity contribution in [2.24, 2.45) is 11.8 Å². The molecule has 6 heteroatoms. The van der Waals surface area contributed by atoms with Crippen LogP contribution < -0.4 is 10.0 Å². The highest BCUT2D eigenvalue weighted by molar-refractivity contribution is 7.92. The second-order valence-corrected chi connectivity index (χ2v) is 9.39. The van der Waals surface area contributed by atoms with Crippen LogP contribution in [0.2, 0.25) is 0 Å². The largest absolute Gasteiger partial charge is 0.349 e. The van der Waals surface area contributed by atoms with E-state index in [0.717, 1.165) is 17.9 Å². The number of hydrogen-bond acceptors (Lipinski definition) is 3. The molecule has 2 aliphatic rings. The number of fused-ring (bicyclic) bond motifs is 2. The predicted octanol–water partition coefficient (Wildman–Crippen LogP) is 3.71. The van der Waals surface area contributed by atoms with Gasteiger partial charge < -0.3 is 5.32 Å². The summed E-state index contributed by atoms with van der Waals surface area (Å²) in [4.78, 5) is 12.7. The number of hydrogen-bond donors (Lipinski definition) is 2. The van der Waals surface area contributed by atoms with Crippen LogP contribution >= 0.6 is 0 Å². The quantitative estimate of drug-likeness (QED) is 0.825. The fourth-order valence-electron chi connectivity index (χ4n) is 4.37. The van der Waals surface area contributed by atoms with E-state index < -0.39 is 10.0 Å². The summed E-state index contributed by atoms with van der Waals surface area (Å²) in [5, 5.41) is 3.11. The van der Waals surface area contributed by atoms with Crippen LogP contribution in [0.5, 0.6) is 0 Å². The van der Waals surface area contributed by atoms with E-state index in [1.54, 1.807) is 24.3 Å². The third-order valence-electron chi connectivity index (χ3n) is 5.85. The maximum Gasteiger partial charge on any atom is 0.261 e. The Morgan fingerprint density at radius 2 is 1.85 bits per heavy atom. The highest BCUT2D eigenvalue weighted by Crippen LogP contribution is 2.44. The van der Waals surface area contributed by atoms with Gasteiger partial charge in [0.05, 0.1) is 10.6 Å². The molecule has 0 heterocycles. The number of para-hydroxylation sites is 1. The minimum Gasteiger partial charge on any atom is -0.349 e. The zero-order valence-electron chi connectivity index (χ0n) is 15.3. The van der Waals surface area contributed by atoms with Crippen molar-refractivity contribution in [1.82, 2.24) is 5.32 Å². The summed E-state index contributed by atoms with van der Waals surface area (Å²) < 4.78 is 28.1. The normalized spacial score (nSPS) is 24.0. The number of nitrogens with one attached hydrogen (secondary N) is 2. The third kappa shape index (κ3) is 3.72. The molecular formula is C21H24N2O3S. The second kappa shape index (κ2) is 7.00. The van der Waals surface area contributed by atoms with Gasteiger partial charge in [0.1, 0.15) is 0 Å². The van der Waals surface area contributed by atoms with Crippen LogP contribution in [-0.4, -0.2) is 20.4 Å². The number of carbonyl (C=O) groups is 1. The molecule has 3 atom stereocenters. The van der Waals surface area contributed by atoms with Gasteiger partial charge in [-0.3, -0.25) is 9.52 Å². The van der Waals surface area contributed by atoms with Gasteiger partial charge in [0.2, 0.25) is 0 Å². The standard InChI is InChI=1S/C21H24N2O3S/c1-14-5-2-3-8-19(14)23-27(25,26)18-7-4-6-17(13-18)21(24)22-20-12-15-9-10-16(20)11-15/h2-8,13,15-16,20,23H,9-12H2,1H3,(H,22,24)/t15-,16+,20-/m0/s1. The zero-order chi connectivity index (χ0) is 19.0. The van der Waals surface area contributed by atoms with Crippen molar-refractivity contribution in [2.45, 2.75) is 43.5 Å². The molecule has 4 rings (SSSR count). The van der Waals surface area contributed by atoms with E-state index in [1.807, 2.05) is 19.1 Å². The fraction of sp³-hybridized carbons (Fsp3) is 0.381. The monoisotopic (exact) mass is 384 g/mol. The van der Waals surface area contributed by atoms with Crippen molar-refractivity contribution in [3.8, 4) is 0 Å². The van der Waals surface area contributed by atoms with Crippen LogP contribution in [0.15, 0.2) is 53.4 Å². The number of benzene rings is 2. The van der Waals surface area contributed by atoms with Crippen molar-refractivity contribution in [2.75, 3.05) is 4.72 Å². The lowest BCUT2D eigenvalue weighted by molar-refractivity contribution is 0.0922. The fourth-order valence-corrected chi connectivity index (χ4v) is 5.55. The molecule has 2 saturated carbocycles. The highest BCUT2D eigenvalue weighted by atomic mass is 32.2. The molecule has 2 aromatic rings. The molecular weight excluding hydrogens is 360 g/mol. The molecule has 0 radical (unpaired) electrons. The summed E-state index contributed by atoms with van der Waals surface area (Å²) in [7, 11) is -3.76. The number of aryl methyl sites for hydroxylation is 1. The van der Waals surface area contributed by atoms with Crippen molar-refractivity contribution in [3.05, 3.63) is 59.7 Å². The smallest absolute Gasteiger partial charge is 0.261 e. The number of rotatable bonds is 5. The molecule has 2 N–H and O–H groups in total. The molecule has 2 aromatic carbocycles. The van der Waals surface area contributed by atoms with Crippen molar-refractivity contribution in [3.63, 3.8) is 0 Å². The van der Waals surface area contributed by atoms with E-state index in [2.05, 4.69) is 10.0 Å². The van der Waals surface area contributed by atoms with Crippen LogP contribution in [0.1, 0.15) is 41.6 Å². The predicted molar refractivity (Wildman–Crippen MR) is 105 cm³/mol. The van der Waals surface area contributed by atoms with Gasteiger partial charge in [0, 0.05) is 11.6 Å². The van der Waals surface area contributed by atoms with E-state index in [1.165, 1.54) is 31.4 Å². The van der Waals surface area contributed by atoms with Crippen molar-refractivity contribution in [1.29, 1.82) is 0 Å². The zero-order valence-corrected chi connectivity index (χ0v) is 16.1. The Kier molecular flexibility index (Phi) is 4.68. The van der Waals surface area contributed by atoms with Gasteiger partial charge >= 0.3 is 0 Å². The summed E-state index contributed by atoms with van der Waals surface area (Å²) in [5.41, 5.74) is 1.76. The molecule has 0 spiro atoms. The van der Waals surface area contributed by atoms with E-state index in [4.69, 9.17) is 0 Å². The number of carbonyl (C=O) groups excluding carboxylic acids is 1. The Balaban J connectivity index is 1.51. The lowest BCUT2D eigenvalue weighted by atomic mass is 9.95. The minimum atomic E-state index is -3.76. The number of amides is 1. The molecule has 27 heavy (non-hydrogen) atoms. The first-order valence-corrected chi connectivity index (χ1v) is 10.9. The van der Waals surface area contributed by atoms with Gasteiger partial charge in [-0.05, 0) is 67.9 Å². The summed E-state index contributed by atoms with van der Waals surface area (Å²) in [5.74, 6) is 1.12. The van der Waals surface area contributed by atoms with Gasteiger partial charge in [-0.1, -0.05) is 30.7 Å². The summed E-state index contributed by atoms with van der Waals surface area (Å²) in [6.07, 6.45) is 4.71. The van der Waals surface area contributed by atoms with Crippen LogP contribution in [0.3, 0.4) is 0 Å². The minimum absolute atomic E-state index is 0.0892. The number of sulfonamides is 1. The maximum absolute atomic E-state index is 12.7. The molecule has 2 fully saturated rings. The molecule has 0 unspecified atom stereocenters. The van der Waals surface area contributed by atoms with E-state index in [9.17, 15) is 13.2 Å². The van der Waals surface area contributed by atoms with Crippen molar-refractivity contribution < 1.29 is 13.2 Å². The lowest BCUT2D eigenvalue weighted by Crippen LogP contribution is -2.38. The van der Waals surface area contributed by atoms with Gasteiger partial charge in [-0.2, -0.15) is 0 Å². The Morgan fingerprint density at radius 1 is 1.04 bits per heavy atom. The average Bonchev–Trinajstić information content (AvgIpc) is 3.27. The average molecular weight is 385 g/mol. The van der Waals surface area contributed by atoms with Crippen LogP contribution in [-0.2, 0) is 10.0 Å². The van der Waals surface area contributed by atoms with E-state index >= 15 is 0 Å². The van der Waals surface area contributed by atoms with Crippen LogP contribution in [0, 0.1) is 18.8 Å². The highest BCUT2D eigenvalue weighted by Gasteiger charge is 2.40. The molecule has 2 bridgehead atoms. The first kappa shape index (κ1) is 18.0. The first-order chi connectivity index (χ1) is 12.9. The SMILES string of the molecule is Cc1ccccc1NS(=O)(=O)c1cccc(C(=O)N[C@H]2C[C@H]3CC[C@@H]2C3)c1. The molecule has 0 saturated heterocycles. The molecule has 2 aliphatic carbocycles. The number of anilines is 1. The Hall–Kier alpha value is -2.34. The van der Waals surface area contributed by atoms with Crippen molar-refractivity contribution >= 4 is 21.6 Å². The Morgan fingerprint density at radius 3 is 2.56 bits per heavy atom. The van der Waals surface area contributed by atoms with E-state index in [0.29, 0.717) is 17.2 Å². The lowest BCUT2D eigenvalue weighted by Gasteiger charge is -2.23. The van der Waals surface area contributed by atoms with Gasteiger partial charge in [0.15, 0.2) is 0 Å². The molecule has 0 aromatic heterocycles. The maximum atomic E-state index is 12.7. The summed E-state index contributed by atoms with van der Waals surface area (Å²) in [6.45, 7) is 1.84. The van der Waals surface area contributed by atoms with Crippen LogP contribution in [0.25, 0.3) is 0 Å². The molecule has 0 aliphatic heterocycles. The molecule has 5 nitrogen and oxygen atoms in total. The Bertz CT molecular complexity index is 971. The third-order valence-corrected chi connectivity index (χ3v) is 7.21. The first-order valence-electron chi connectivity index (χ1n) is 9.42. The molecule has 1 amide bonds. The summed E-state index contributed by atoms with van der Waals surface area (Å²) in [6, 6.07) is 13.7. The van der Waals surface area contributed by atoms with E-state index in [-0.39, 0.29) is 16.8 Å². The van der Waals surface area contributed by atoms with Crippen LogP contribution in [0.4, 0.5) is 5.69 Å². The summed E-state index contributed by atoms with van der Waals surface area (Å²) >= 11 is 0. The van der Waals surface area contributed by atoms with Gasteiger partial charge in [-0.15, -0.1) is 0 Å². The molecule has 142 valence electrons. The van der Waals surface area contributed by atoms with Gasteiger partial charge in [-0.25, -0.2) is 8.42 Å². The Labute approximate surface area is 160 Å². The second-order valence-electron chi connectivity index (χ2n) is 7.70. The topological polar surface area (TPSA) is 75.3 Å².